The molecule has 0 radical (unpaired) electrons. The number of nitrogens with zero attached hydrogens (tertiary/aromatic N) is 5. The SMILES string of the molecule is CCc1ccc2cc(-c3nc4cc(C(=O)N5CC[C@@H](OC)[C@@H](N)C5)cc(OC)n4c3C)n(CC3CC3)c2n1. The van der Waals surface area contributed by atoms with Crippen LogP contribution >= 0.6 is 0 Å². The molecule has 4 aromatic heterocycles. The molecule has 0 bridgehead atoms. The zero-order chi connectivity index (χ0) is 26.6. The molecule has 1 amide bonds. The van der Waals surface area contributed by atoms with Gasteiger partial charge in [-0.25, -0.2) is 9.97 Å². The molecule has 1 saturated heterocycles. The molecular weight excluding hydrogens is 480 g/mol. The summed E-state index contributed by atoms with van der Waals surface area (Å²) in [6, 6.07) is 9.91. The van der Waals surface area contributed by atoms with Gasteiger partial charge in [0.25, 0.3) is 5.91 Å². The first kappa shape index (κ1) is 24.9. The number of aromatic nitrogens is 4. The number of nitrogens with two attached hydrogens (primary N) is 1. The van der Waals surface area contributed by atoms with Crippen LogP contribution in [0.25, 0.3) is 28.1 Å². The van der Waals surface area contributed by atoms with Crippen LogP contribution in [0.3, 0.4) is 0 Å². The first-order valence-corrected chi connectivity index (χ1v) is 13.6. The van der Waals surface area contributed by atoms with Crippen molar-refractivity contribution in [3.8, 4) is 17.3 Å². The molecule has 2 aliphatic rings. The van der Waals surface area contributed by atoms with E-state index in [1.54, 1.807) is 25.2 Å². The second-order valence-electron chi connectivity index (χ2n) is 10.7. The van der Waals surface area contributed by atoms with E-state index < -0.39 is 0 Å². The van der Waals surface area contributed by atoms with E-state index in [4.69, 9.17) is 25.2 Å². The summed E-state index contributed by atoms with van der Waals surface area (Å²) in [6.45, 7) is 6.18. The highest BCUT2D eigenvalue weighted by Crippen LogP contribution is 2.37. The van der Waals surface area contributed by atoms with Gasteiger partial charge in [0.2, 0.25) is 0 Å². The van der Waals surface area contributed by atoms with Crippen molar-refractivity contribution in [1.29, 1.82) is 0 Å². The zero-order valence-corrected chi connectivity index (χ0v) is 22.6. The van der Waals surface area contributed by atoms with E-state index in [0.717, 1.165) is 53.2 Å². The fraction of sp³-hybridized carbons (Fsp3) is 0.483. The monoisotopic (exact) mass is 516 g/mol. The predicted octanol–water partition coefficient (Wildman–Crippen LogP) is 3.83. The second-order valence-corrected chi connectivity index (χ2v) is 10.7. The topological polar surface area (TPSA) is 99.9 Å². The largest absolute Gasteiger partial charge is 0.482 e. The van der Waals surface area contributed by atoms with Crippen molar-refractivity contribution < 1.29 is 14.3 Å². The fourth-order valence-corrected chi connectivity index (χ4v) is 5.72. The van der Waals surface area contributed by atoms with Crippen LogP contribution in [0.4, 0.5) is 0 Å². The van der Waals surface area contributed by atoms with Crippen LogP contribution in [0.2, 0.25) is 0 Å². The zero-order valence-electron chi connectivity index (χ0n) is 22.6. The molecule has 1 aliphatic carbocycles. The number of ether oxygens (including phenoxy) is 2. The van der Waals surface area contributed by atoms with Crippen LogP contribution < -0.4 is 10.5 Å². The lowest BCUT2D eigenvalue weighted by atomic mass is 10.0. The first-order valence-electron chi connectivity index (χ1n) is 13.6. The Labute approximate surface area is 222 Å². The Balaban J connectivity index is 1.43. The van der Waals surface area contributed by atoms with Gasteiger partial charge in [0, 0.05) is 55.5 Å². The highest BCUT2D eigenvalue weighted by atomic mass is 16.5. The van der Waals surface area contributed by atoms with Crippen molar-refractivity contribution in [2.45, 2.75) is 58.2 Å². The van der Waals surface area contributed by atoms with Crippen molar-refractivity contribution in [1.82, 2.24) is 23.8 Å². The smallest absolute Gasteiger partial charge is 0.254 e. The molecule has 0 spiro atoms. The van der Waals surface area contributed by atoms with Gasteiger partial charge in [-0.1, -0.05) is 6.92 Å². The van der Waals surface area contributed by atoms with Crippen LogP contribution in [-0.2, 0) is 17.7 Å². The number of methoxy groups -OCH3 is 2. The van der Waals surface area contributed by atoms with Crippen molar-refractivity contribution in [2.75, 3.05) is 27.3 Å². The number of likely N-dealkylation sites (tertiary alicyclic amines) is 1. The lowest BCUT2D eigenvalue weighted by Crippen LogP contribution is -2.53. The van der Waals surface area contributed by atoms with Gasteiger partial charge in [-0.2, -0.15) is 0 Å². The van der Waals surface area contributed by atoms with Gasteiger partial charge in [-0.15, -0.1) is 0 Å². The summed E-state index contributed by atoms with van der Waals surface area (Å²) in [5.74, 6) is 1.19. The average Bonchev–Trinajstić information content (AvgIpc) is 3.61. The molecule has 2 atom stereocenters. The van der Waals surface area contributed by atoms with Crippen molar-refractivity contribution in [2.24, 2.45) is 11.7 Å². The first-order chi connectivity index (χ1) is 18.4. The fourth-order valence-electron chi connectivity index (χ4n) is 5.72. The van der Waals surface area contributed by atoms with Gasteiger partial charge < -0.3 is 24.7 Å². The molecule has 2 N–H and O–H groups in total. The van der Waals surface area contributed by atoms with Gasteiger partial charge in [-0.3, -0.25) is 9.20 Å². The Hall–Kier alpha value is -3.43. The van der Waals surface area contributed by atoms with Crippen molar-refractivity contribution >= 4 is 22.6 Å². The van der Waals surface area contributed by atoms with Gasteiger partial charge >= 0.3 is 0 Å². The third-order valence-electron chi connectivity index (χ3n) is 8.10. The maximum absolute atomic E-state index is 13.5. The number of rotatable bonds is 7. The molecule has 38 heavy (non-hydrogen) atoms. The quantitative estimate of drug-likeness (QED) is 0.401. The number of fused-ring (bicyclic) bond motifs is 2. The predicted molar refractivity (Wildman–Crippen MR) is 147 cm³/mol. The summed E-state index contributed by atoms with van der Waals surface area (Å²) >= 11 is 0. The molecule has 1 aliphatic heterocycles. The van der Waals surface area contributed by atoms with Gasteiger partial charge in [0.15, 0.2) is 5.88 Å². The number of pyridine rings is 2. The second kappa shape index (κ2) is 9.71. The summed E-state index contributed by atoms with van der Waals surface area (Å²) in [5, 5.41) is 1.12. The van der Waals surface area contributed by atoms with Crippen LogP contribution in [0.1, 0.15) is 47.9 Å². The van der Waals surface area contributed by atoms with E-state index in [2.05, 4.69) is 36.6 Å². The summed E-state index contributed by atoms with van der Waals surface area (Å²) in [5.41, 5.74) is 12.5. The normalized spacial score (nSPS) is 20.0. The van der Waals surface area contributed by atoms with E-state index in [-0.39, 0.29) is 18.1 Å². The molecule has 1 saturated carbocycles. The minimum atomic E-state index is -0.209. The van der Waals surface area contributed by atoms with Gasteiger partial charge in [-0.05, 0) is 62.8 Å². The molecule has 6 rings (SSSR count). The summed E-state index contributed by atoms with van der Waals surface area (Å²) in [6.07, 6.45) is 4.09. The van der Waals surface area contributed by atoms with Crippen molar-refractivity contribution in [3.63, 3.8) is 0 Å². The van der Waals surface area contributed by atoms with Gasteiger partial charge in [0.05, 0.1) is 24.6 Å². The molecule has 9 nitrogen and oxygen atoms in total. The third kappa shape index (κ3) is 4.23. The minimum Gasteiger partial charge on any atom is -0.482 e. The van der Waals surface area contributed by atoms with E-state index in [0.29, 0.717) is 36.1 Å². The number of hydrogen-bond acceptors (Lipinski definition) is 6. The van der Waals surface area contributed by atoms with E-state index in [1.165, 1.54) is 12.8 Å². The maximum atomic E-state index is 13.5. The highest BCUT2D eigenvalue weighted by Gasteiger charge is 2.31. The molecule has 5 heterocycles. The Morgan fingerprint density at radius 1 is 1.13 bits per heavy atom. The number of amides is 1. The Morgan fingerprint density at radius 3 is 2.63 bits per heavy atom. The maximum Gasteiger partial charge on any atom is 0.254 e. The molecule has 4 aromatic rings. The van der Waals surface area contributed by atoms with E-state index in [9.17, 15) is 4.79 Å². The summed E-state index contributed by atoms with van der Waals surface area (Å²) in [4.78, 5) is 25.3. The number of carbonyl (C=O) groups excluding carboxylic acids is 1. The van der Waals surface area contributed by atoms with Crippen LogP contribution in [0, 0.1) is 12.8 Å². The molecule has 9 heteroatoms. The lowest BCUT2D eigenvalue weighted by molar-refractivity contribution is 0.0227. The molecule has 0 aromatic carbocycles. The Morgan fingerprint density at radius 2 is 1.95 bits per heavy atom. The van der Waals surface area contributed by atoms with E-state index in [1.807, 2.05) is 10.5 Å². The number of aryl methyl sites for hydroxylation is 2. The molecule has 2 fully saturated rings. The minimum absolute atomic E-state index is 0.0288. The Kier molecular flexibility index (Phi) is 6.36. The number of piperidine rings is 1. The number of carbonyl (C=O) groups is 1. The summed E-state index contributed by atoms with van der Waals surface area (Å²) in [7, 11) is 3.30. The van der Waals surface area contributed by atoms with Crippen LogP contribution in [0.5, 0.6) is 5.88 Å². The number of imidazole rings is 1. The van der Waals surface area contributed by atoms with E-state index >= 15 is 0 Å². The molecular formula is C29H36N6O3. The van der Waals surface area contributed by atoms with Crippen LogP contribution in [-0.4, -0.2) is 69.2 Å². The Bertz CT molecular complexity index is 1520. The van der Waals surface area contributed by atoms with Crippen LogP contribution in [0.15, 0.2) is 30.3 Å². The third-order valence-corrected chi connectivity index (χ3v) is 8.10. The van der Waals surface area contributed by atoms with Gasteiger partial charge in [0.1, 0.15) is 17.0 Å². The highest BCUT2D eigenvalue weighted by molar-refractivity contribution is 5.96. The molecule has 200 valence electrons. The van der Waals surface area contributed by atoms with Crippen molar-refractivity contribution in [3.05, 3.63) is 47.3 Å². The molecule has 0 unspecified atom stereocenters. The lowest BCUT2D eigenvalue weighted by Gasteiger charge is -2.36. The number of hydrogen-bond donors (Lipinski definition) is 1. The standard InChI is InChI=1S/C29H36N6O3/c1-5-21-9-8-19-12-23(34(28(19)31-21)15-18-6-7-18)27-17(2)35-25(32-27)13-20(14-26(35)38-4)29(36)33-11-10-24(37-3)22(30)16-33/h8-9,12-14,18,22,24H,5-7,10-11,15-16,30H2,1-4H3/t22-,24+/m0/s1. The summed E-state index contributed by atoms with van der Waals surface area (Å²) < 4.78 is 15.6. The average molecular weight is 517 g/mol.